The first kappa shape index (κ1) is 36.1. The average molecular weight is 579 g/mol. The molecule has 0 amide bonds. The molecule has 0 N–H and O–H groups in total. The lowest BCUT2D eigenvalue weighted by atomic mass is 9.99. The third kappa shape index (κ3) is 14.9. The molecular formula is C39H64NO2+. The molecule has 1 unspecified atom stereocenters. The number of carbonyl (C=O) groups is 1. The summed E-state index contributed by atoms with van der Waals surface area (Å²) in [6, 6.07) is 17.7. The van der Waals surface area contributed by atoms with Gasteiger partial charge >= 0.3 is 0 Å². The van der Waals surface area contributed by atoms with Crippen LogP contribution in [0.15, 0.2) is 54.6 Å². The molecule has 2 rings (SSSR count). The van der Waals surface area contributed by atoms with Crippen molar-refractivity contribution in [2.24, 2.45) is 0 Å². The first-order chi connectivity index (χ1) is 20.5. The number of rotatable bonds is 26. The summed E-state index contributed by atoms with van der Waals surface area (Å²) in [5, 5.41) is 0. The van der Waals surface area contributed by atoms with Crippen LogP contribution in [0.4, 0.5) is 0 Å². The van der Waals surface area contributed by atoms with Crippen LogP contribution in [0, 0.1) is 0 Å². The molecule has 2 aromatic rings. The van der Waals surface area contributed by atoms with Crippen LogP contribution in [0.5, 0.6) is 5.75 Å². The summed E-state index contributed by atoms with van der Waals surface area (Å²) in [4.78, 5) is 20.0. The fraction of sp³-hybridized carbons (Fsp3) is 0.667. The Morgan fingerprint density at radius 2 is 0.976 bits per heavy atom. The third-order valence-electron chi connectivity index (χ3n) is 8.91. The van der Waals surface area contributed by atoms with E-state index in [1.807, 2.05) is 54.6 Å². The summed E-state index contributed by atoms with van der Waals surface area (Å²) in [6.07, 6.45) is 28.3. The van der Waals surface area contributed by atoms with Gasteiger partial charge in [0, 0.05) is 18.4 Å². The second-order valence-electron chi connectivity index (χ2n) is 13.0. The van der Waals surface area contributed by atoms with Crippen molar-refractivity contribution in [1.82, 2.24) is 0 Å². The van der Waals surface area contributed by atoms with E-state index in [-0.39, 0.29) is 5.78 Å². The minimum atomic E-state index is 0.0214. The lowest BCUT2D eigenvalue weighted by Gasteiger charge is -2.36. The van der Waals surface area contributed by atoms with E-state index < -0.39 is 0 Å². The molecule has 0 saturated heterocycles. The van der Waals surface area contributed by atoms with Gasteiger partial charge in [-0.2, -0.15) is 0 Å². The number of benzene rings is 2. The number of unbranched alkanes of at least 4 members (excludes halogenated alkanes) is 17. The molecule has 1 atom stereocenters. The van der Waals surface area contributed by atoms with E-state index in [1.165, 1.54) is 135 Å². The van der Waals surface area contributed by atoms with Gasteiger partial charge in [-0.25, -0.2) is 0 Å². The molecule has 0 aliphatic heterocycles. The second-order valence-corrected chi connectivity index (χ2v) is 13.0. The molecule has 3 heteroatoms. The largest absolute Gasteiger partial charge is 0.315 e. The summed E-state index contributed by atoms with van der Waals surface area (Å²) >= 11 is 0. The van der Waals surface area contributed by atoms with E-state index >= 15 is 0 Å². The van der Waals surface area contributed by atoms with Gasteiger partial charge in [-0.3, -0.25) is 4.79 Å². The minimum absolute atomic E-state index is 0.0214. The van der Waals surface area contributed by atoms with Crippen molar-refractivity contribution < 1.29 is 14.3 Å². The zero-order valence-corrected chi connectivity index (χ0v) is 27.9. The van der Waals surface area contributed by atoms with Gasteiger partial charge < -0.3 is 4.84 Å². The molecule has 0 spiro atoms. The standard InChI is InChI=1S/C39H64NO2/c1-5-7-9-11-12-13-14-15-16-17-18-19-20-21-26-32-36(31-25-10-8-6-2)40(3,4)42-38-34-28-27-33-37(38)39(41)35-29-23-22-24-30-35/h22-24,27-30,33-34,36H,5-21,25-26,31-32H2,1-4H3/q+1. The zero-order valence-electron chi connectivity index (χ0n) is 27.9. The lowest BCUT2D eigenvalue weighted by molar-refractivity contribution is -1.07. The van der Waals surface area contributed by atoms with E-state index in [9.17, 15) is 4.79 Å². The lowest BCUT2D eigenvalue weighted by Crippen LogP contribution is -2.51. The van der Waals surface area contributed by atoms with Gasteiger partial charge in [0.15, 0.2) is 5.78 Å². The highest BCUT2D eigenvalue weighted by molar-refractivity contribution is 6.10. The molecule has 0 aromatic heterocycles. The van der Waals surface area contributed by atoms with Gasteiger partial charge in [0.25, 0.3) is 0 Å². The topological polar surface area (TPSA) is 26.3 Å². The van der Waals surface area contributed by atoms with Crippen LogP contribution in [-0.2, 0) is 0 Å². The van der Waals surface area contributed by atoms with Crippen LogP contribution >= 0.6 is 0 Å². The van der Waals surface area contributed by atoms with Crippen LogP contribution in [0.1, 0.15) is 165 Å². The molecule has 42 heavy (non-hydrogen) atoms. The number of carbonyl (C=O) groups excluding carboxylic acids is 1. The Morgan fingerprint density at radius 3 is 1.48 bits per heavy atom. The van der Waals surface area contributed by atoms with Crippen molar-refractivity contribution in [3.63, 3.8) is 0 Å². The van der Waals surface area contributed by atoms with Gasteiger partial charge in [0.1, 0.15) is 20.1 Å². The van der Waals surface area contributed by atoms with Gasteiger partial charge in [-0.1, -0.05) is 165 Å². The van der Waals surface area contributed by atoms with E-state index in [4.69, 9.17) is 4.84 Å². The Morgan fingerprint density at radius 1 is 0.571 bits per heavy atom. The summed E-state index contributed by atoms with van der Waals surface area (Å²) < 4.78 is 0.462. The van der Waals surface area contributed by atoms with Crippen LogP contribution in [-0.4, -0.2) is 30.6 Å². The van der Waals surface area contributed by atoms with Crippen LogP contribution < -0.4 is 4.84 Å². The van der Waals surface area contributed by atoms with Gasteiger partial charge in [-0.15, -0.1) is 4.65 Å². The molecule has 0 saturated carbocycles. The highest BCUT2D eigenvalue weighted by atomic mass is 16.7. The Labute approximate surface area is 260 Å². The number of hydrogen-bond donors (Lipinski definition) is 0. The highest BCUT2D eigenvalue weighted by Gasteiger charge is 2.32. The Balaban J connectivity index is 1.78. The number of nitrogens with zero attached hydrogens (tertiary/aromatic N) is 1. The Bertz CT molecular complexity index is 938. The molecule has 0 heterocycles. The molecule has 2 aromatic carbocycles. The maximum absolute atomic E-state index is 13.3. The molecule has 0 bridgehead atoms. The molecule has 0 aliphatic carbocycles. The summed E-state index contributed by atoms with van der Waals surface area (Å²) in [7, 11) is 4.36. The highest BCUT2D eigenvalue weighted by Crippen LogP contribution is 2.28. The number of hydroxylamine groups is 3. The minimum Gasteiger partial charge on any atom is -0.315 e. The predicted molar refractivity (Wildman–Crippen MR) is 181 cm³/mol. The molecule has 236 valence electrons. The maximum Gasteiger partial charge on any atom is 0.201 e. The van der Waals surface area contributed by atoms with E-state index in [2.05, 4.69) is 27.9 Å². The van der Waals surface area contributed by atoms with Crippen molar-refractivity contribution in [1.29, 1.82) is 0 Å². The van der Waals surface area contributed by atoms with Crippen molar-refractivity contribution in [2.45, 2.75) is 155 Å². The molecule has 3 nitrogen and oxygen atoms in total. The summed E-state index contributed by atoms with van der Waals surface area (Å²) in [5.74, 6) is 0.708. The molecular weight excluding hydrogens is 514 g/mol. The molecule has 0 aliphatic rings. The summed E-state index contributed by atoms with van der Waals surface area (Å²) in [5.41, 5.74) is 1.35. The van der Waals surface area contributed by atoms with E-state index in [0.29, 0.717) is 27.6 Å². The van der Waals surface area contributed by atoms with Crippen molar-refractivity contribution in [3.8, 4) is 5.75 Å². The smallest absolute Gasteiger partial charge is 0.201 e. The first-order valence-electron chi connectivity index (χ1n) is 17.7. The SMILES string of the molecule is CCCCCCCCCCCCCCCCCC(CCCCCC)[N+](C)(C)Oc1ccccc1C(=O)c1ccccc1. The Hall–Kier alpha value is -2.13. The monoisotopic (exact) mass is 578 g/mol. The normalized spacial score (nSPS) is 12.4. The Kier molecular flexibility index (Phi) is 19.2. The van der Waals surface area contributed by atoms with Crippen LogP contribution in [0.3, 0.4) is 0 Å². The van der Waals surface area contributed by atoms with Crippen molar-refractivity contribution >= 4 is 5.78 Å². The third-order valence-corrected chi connectivity index (χ3v) is 8.91. The molecule has 0 radical (unpaired) electrons. The van der Waals surface area contributed by atoms with Crippen LogP contribution in [0.25, 0.3) is 0 Å². The van der Waals surface area contributed by atoms with Crippen molar-refractivity contribution in [2.75, 3.05) is 14.1 Å². The van der Waals surface area contributed by atoms with Crippen molar-refractivity contribution in [3.05, 3.63) is 65.7 Å². The van der Waals surface area contributed by atoms with Crippen LogP contribution in [0.2, 0.25) is 0 Å². The fourth-order valence-electron chi connectivity index (χ4n) is 6.13. The van der Waals surface area contributed by atoms with E-state index in [1.54, 1.807) is 0 Å². The zero-order chi connectivity index (χ0) is 30.3. The second kappa shape index (κ2) is 22.4. The van der Waals surface area contributed by atoms with Gasteiger partial charge in [-0.05, 0) is 25.0 Å². The average Bonchev–Trinajstić information content (AvgIpc) is 3.00. The number of hydrogen-bond acceptors (Lipinski definition) is 2. The number of quaternary nitrogens is 1. The predicted octanol–water partition coefficient (Wildman–Crippen LogP) is 11.9. The first-order valence-corrected chi connectivity index (χ1v) is 17.7. The molecule has 0 fully saturated rings. The number of para-hydroxylation sites is 1. The summed E-state index contributed by atoms with van der Waals surface area (Å²) in [6.45, 7) is 4.57. The fourth-order valence-corrected chi connectivity index (χ4v) is 6.13. The maximum atomic E-state index is 13.3. The van der Waals surface area contributed by atoms with E-state index in [0.717, 1.165) is 0 Å². The number of ketones is 1. The quantitative estimate of drug-likeness (QED) is 0.0480. The van der Waals surface area contributed by atoms with Gasteiger partial charge in [0.05, 0.1) is 5.56 Å². The van der Waals surface area contributed by atoms with Gasteiger partial charge in [0.2, 0.25) is 5.75 Å².